The van der Waals surface area contributed by atoms with Crippen LogP contribution in [-0.2, 0) is 13.2 Å². The van der Waals surface area contributed by atoms with Gasteiger partial charge in [-0.3, -0.25) is 9.88 Å². The fraction of sp³-hybridized carbons (Fsp3) is 0.368. The van der Waals surface area contributed by atoms with E-state index in [1.165, 1.54) is 5.56 Å². The predicted molar refractivity (Wildman–Crippen MR) is 88.6 cm³/mol. The van der Waals surface area contributed by atoms with Crippen molar-refractivity contribution in [1.29, 1.82) is 5.26 Å². The second kappa shape index (κ2) is 7.75. The van der Waals surface area contributed by atoms with Gasteiger partial charge in [-0.05, 0) is 49.2 Å². The minimum Gasteiger partial charge on any atom is -0.487 e. The summed E-state index contributed by atoms with van der Waals surface area (Å²) in [6, 6.07) is 16.4. The van der Waals surface area contributed by atoms with Gasteiger partial charge in [-0.2, -0.15) is 5.26 Å². The maximum absolute atomic E-state index is 9.07. The summed E-state index contributed by atoms with van der Waals surface area (Å²) >= 11 is 0. The van der Waals surface area contributed by atoms with E-state index in [4.69, 9.17) is 10.00 Å². The summed E-state index contributed by atoms with van der Waals surface area (Å²) < 4.78 is 5.75. The first-order valence-electron chi connectivity index (χ1n) is 8.07. The second-order valence-corrected chi connectivity index (χ2v) is 5.96. The zero-order chi connectivity index (χ0) is 15.9. The van der Waals surface area contributed by atoms with Crippen molar-refractivity contribution in [3.8, 4) is 11.8 Å². The third kappa shape index (κ3) is 4.54. The van der Waals surface area contributed by atoms with Crippen molar-refractivity contribution in [2.24, 2.45) is 5.92 Å². The van der Waals surface area contributed by atoms with Crippen LogP contribution in [0.3, 0.4) is 0 Å². The summed E-state index contributed by atoms with van der Waals surface area (Å²) in [4.78, 5) is 6.61. The molecule has 0 bridgehead atoms. The summed E-state index contributed by atoms with van der Waals surface area (Å²) in [6.45, 7) is 3.35. The van der Waals surface area contributed by atoms with Crippen LogP contribution in [0, 0.1) is 17.2 Å². The molecule has 0 aliphatic carbocycles. The zero-order valence-electron chi connectivity index (χ0n) is 13.2. The van der Waals surface area contributed by atoms with Gasteiger partial charge >= 0.3 is 0 Å². The molecule has 4 nitrogen and oxygen atoms in total. The fourth-order valence-electron chi connectivity index (χ4n) is 2.89. The first-order valence-corrected chi connectivity index (χ1v) is 8.07. The van der Waals surface area contributed by atoms with Gasteiger partial charge in [0.05, 0.1) is 17.7 Å². The van der Waals surface area contributed by atoms with Gasteiger partial charge < -0.3 is 4.74 Å². The number of likely N-dealkylation sites (tertiary alicyclic amines) is 1. The van der Waals surface area contributed by atoms with Crippen LogP contribution < -0.4 is 4.74 Å². The molecule has 0 unspecified atom stereocenters. The van der Waals surface area contributed by atoms with Crippen molar-refractivity contribution in [2.75, 3.05) is 13.1 Å². The van der Waals surface area contributed by atoms with E-state index in [2.05, 4.69) is 28.1 Å². The first-order chi connectivity index (χ1) is 11.3. The molecule has 3 rings (SSSR count). The highest BCUT2D eigenvalue weighted by Gasteiger charge is 2.19. The number of pyridine rings is 1. The van der Waals surface area contributed by atoms with Crippen LogP contribution in [0.4, 0.5) is 0 Å². The second-order valence-electron chi connectivity index (χ2n) is 5.96. The van der Waals surface area contributed by atoms with E-state index in [0.717, 1.165) is 43.9 Å². The Bertz CT molecular complexity index is 649. The predicted octanol–water partition coefficient (Wildman–Crippen LogP) is 3.40. The number of rotatable bonds is 5. The molecule has 1 atom stereocenters. The quantitative estimate of drug-likeness (QED) is 0.849. The van der Waals surface area contributed by atoms with Crippen LogP contribution >= 0.6 is 0 Å². The Morgan fingerprint density at radius 1 is 1.22 bits per heavy atom. The van der Waals surface area contributed by atoms with Gasteiger partial charge in [0.15, 0.2) is 0 Å². The molecule has 118 valence electrons. The fourth-order valence-corrected chi connectivity index (χ4v) is 2.89. The highest BCUT2D eigenvalue weighted by molar-refractivity contribution is 5.27. The minimum absolute atomic E-state index is 0.185. The lowest BCUT2D eigenvalue weighted by atomic mass is 9.99. The Labute approximate surface area is 137 Å². The first kappa shape index (κ1) is 15.5. The minimum atomic E-state index is 0.185. The van der Waals surface area contributed by atoms with E-state index in [-0.39, 0.29) is 5.92 Å². The van der Waals surface area contributed by atoms with Gasteiger partial charge in [0.1, 0.15) is 12.4 Å². The van der Waals surface area contributed by atoms with Crippen molar-refractivity contribution in [3.05, 3.63) is 59.9 Å². The zero-order valence-corrected chi connectivity index (χ0v) is 13.2. The Hall–Kier alpha value is -2.38. The van der Waals surface area contributed by atoms with Crippen LogP contribution in [0.2, 0.25) is 0 Å². The Morgan fingerprint density at radius 2 is 2.09 bits per heavy atom. The molecule has 1 fully saturated rings. The normalized spacial score (nSPS) is 18.3. The largest absolute Gasteiger partial charge is 0.487 e. The molecule has 2 heterocycles. The molecule has 0 N–H and O–H groups in total. The van der Waals surface area contributed by atoms with Crippen molar-refractivity contribution in [1.82, 2.24) is 9.88 Å². The number of piperidine rings is 1. The molecule has 23 heavy (non-hydrogen) atoms. The Balaban J connectivity index is 1.52. The maximum atomic E-state index is 9.07. The van der Waals surface area contributed by atoms with Crippen molar-refractivity contribution < 1.29 is 4.74 Å². The van der Waals surface area contributed by atoms with Gasteiger partial charge in [-0.15, -0.1) is 0 Å². The number of nitrogens with zero attached hydrogens (tertiary/aromatic N) is 3. The van der Waals surface area contributed by atoms with Gasteiger partial charge in [-0.25, -0.2) is 0 Å². The standard InChI is InChI=1S/C19H21N3O/c20-12-17-4-3-11-22(14-17)13-16-6-8-19(9-7-16)23-15-18-5-1-2-10-21-18/h1-2,5-10,17H,3-4,11,13-15H2/t17-/m0/s1. The third-order valence-electron chi connectivity index (χ3n) is 4.13. The number of aromatic nitrogens is 1. The van der Waals surface area contributed by atoms with E-state index in [9.17, 15) is 0 Å². The van der Waals surface area contributed by atoms with E-state index < -0.39 is 0 Å². The lowest BCUT2D eigenvalue weighted by molar-refractivity contribution is 0.192. The summed E-state index contributed by atoms with van der Waals surface area (Å²) in [5.41, 5.74) is 2.18. The van der Waals surface area contributed by atoms with Gasteiger partial charge in [0.2, 0.25) is 0 Å². The van der Waals surface area contributed by atoms with E-state index in [1.54, 1.807) is 6.20 Å². The molecular formula is C19H21N3O. The molecule has 1 aromatic heterocycles. The molecular weight excluding hydrogens is 286 g/mol. The SMILES string of the molecule is N#C[C@@H]1CCCN(Cc2ccc(OCc3ccccn3)cc2)C1. The van der Waals surface area contributed by atoms with Gasteiger partial charge in [0, 0.05) is 19.3 Å². The molecule has 0 saturated carbocycles. The van der Waals surface area contributed by atoms with Crippen LogP contribution in [-0.4, -0.2) is 23.0 Å². The van der Waals surface area contributed by atoms with Crippen LogP contribution in [0.15, 0.2) is 48.7 Å². The molecule has 0 radical (unpaired) electrons. The molecule has 0 amide bonds. The monoisotopic (exact) mass is 307 g/mol. The number of hydrogen-bond donors (Lipinski definition) is 0. The van der Waals surface area contributed by atoms with Gasteiger partial charge in [0.25, 0.3) is 0 Å². The van der Waals surface area contributed by atoms with Crippen LogP contribution in [0.5, 0.6) is 5.75 Å². The summed E-state index contributed by atoms with van der Waals surface area (Å²) in [7, 11) is 0. The number of nitriles is 1. The highest BCUT2D eigenvalue weighted by Crippen LogP contribution is 2.19. The summed E-state index contributed by atoms with van der Waals surface area (Å²) in [5, 5.41) is 9.07. The van der Waals surface area contributed by atoms with Crippen LogP contribution in [0.1, 0.15) is 24.1 Å². The number of hydrogen-bond acceptors (Lipinski definition) is 4. The third-order valence-corrected chi connectivity index (χ3v) is 4.13. The average molecular weight is 307 g/mol. The summed E-state index contributed by atoms with van der Waals surface area (Å²) in [6.07, 6.45) is 3.92. The van der Waals surface area contributed by atoms with E-state index in [0.29, 0.717) is 6.61 Å². The average Bonchev–Trinajstić information content (AvgIpc) is 2.62. The smallest absolute Gasteiger partial charge is 0.130 e. The van der Waals surface area contributed by atoms with Gasteiger partial charge in [-0.1, -0.05) is 18.2 Å². The molecule has 2 aromatic rings. The van der Waals surface area contributed by atoms with Crippen molar-refractivity contribution in [3.63, 3.8) is 0 Å². The number of ether oxygens (including phenoxy) is 1. The van der Waals surface area contributed by atoms with E-state index in [1.807, 2.05) is 30.3 Å². The molecule has 0 spiro atoms. The molecule has 1 aromatic carbocycles. The van der Waals surface area contributed by atoms with E-state index >= 15 is 0 Å². The summed E-state index contributed by atoms with van der Waals surface area (Å²) in [5.74, 6) is 1.04. The topological polar surface area (TPSA) is 49.2 Å². The molecule has 4 heteroatoms. The maximum Gasteiger partial charge on any atom is 0.130 e. The highest BCUT2D eigenvalue weighted by atomic mass is 16.5. The Kier molecular flexibility index (Phi) is 5.23. The molecule has 1 saturated heterocycles. The number of benzene rings is 1. The lowest BCUT2D eigenvalue weighted by Crippen LogP contribution is -2.34. The molecule has 1 aliphatic rings. The van der Waals surface area contributed by atoms with Crippen molar-refractivity contribution in [2.45, 2.75) is 26.0 Å². The van der Waals surface area contributed by atoms with Crippen LogP contribution in [0.25, 0.3) is 0 Å². The lowest BCUT2D eigenvalue weighted by Gasteiger charge is -2.29. The molecule has 1 aliphatic heterocycles. The van der Waals surface area contributed by atoms with Crippen molar-refractivity contribution >= 4 is 0 Å². The Morgan fingerprint density at radius 3 is 2.83 bits per heavy atom.